The third-order valence-electron chi connectivity index (χ3n) is 3.67. The van der Waals surface area contributed by atoms with Gasteiger partial charge in [0.1, 0.15) is 18.1 Å². The molecule has 3 aromatic rings. The van der Waals surface area contributed by atoms with Gasteiger partial charge in [0.05, 0.1) is 5.02 Å². The summed E-state index contributed by atoms with van der Waals surface area (Å²) in [6, 6.07) is 12.7. The fraction of sp³-hybridized carbons (Fsp3) is 0.176. The first-order chi connectivity index (χ1) is 13.0. The van der Waals surface area contributed by atoms with Crippen molar-refractivity contribution in [2.45, 2.75) is 19.1 Å². The quantitative estimate of drug-likeness (QED) is 0.665. The Hall–Kier alpha value is -3.07. The van der Waals surface area contributed by atoms with Crippen LogP contribution >= 0.6 is 11.6 Å². The lowest BCUT2D eigenvalue weighted by Gasteiger charge is -2.17. The minimum atomic E-state index is -2.99. The number of carbonyl (C=O) groups is 1. The molecule has 0 saturated heterocycles. The van der Waals surface area contributed by atoms with Crippen LogP contribution in [0.1, 0.15) is 11.6 Å². The van der Waals surface area contributed by atoms with E-state index in [1.54, 1.807) is 0 Å². The highest BCUT2D eigenvalue weighted by atomic mass is 35.5. The maximum atomic E-state index is 12.8. The number of benzene rings is 2. The number of anilines is 1. The van der Waals surface area contributed by atoms with Crippen molar-refractivity contribution in [3.8, 4) is 5.75 Å². The Morgan fingerprint density at radius 2 is 2.00 bits per heavy atom. The first kappa shape index (κ1) is 18.7. The number of hydrogen-bond acceptors (Lipinski definition) is 5. The molecule has 140 valence electrons. The Morgan fingerprint density at radius 1 is 1.22 bits per heavy atom. The number of tetrazole rings is 1. The van der Waals surface area contributed by atoms with E-state index < -0.39 is 12.7 Å². The van der Waals surface area contributed by atoms with E-state index >= 15 is 0 Å². The number of amides is 1. The van der Waals surface area contributed by atoms with Crippen molar-refractivity contribution in [2.75, 3.05) is 5.32 Å². The summed E-state index contributed by atoms with van der Waals surface area (Å²) in [6.45, 7) is -2.99. The molecule has 27 heavy (non-hydrogen) atoms. The second kappa shape index (κ2) is 8.54. The van der Waals surface area contributed by atoms with Gasteiger partial charge in [0.25, 0.3) is 0 Å². The largest absolute Gasteiger partial charge is 0.433 e. The molecule has 1 atom stereocenters. The Morgan fingerprint density at radius 3 is 2.63 bits per heavy atom. The van der Waals surface area contributed by atoms with Gasteiger partial charge in [-0.15, -0.1) is 5.10 Å². The van der Waals surface area contributed by atoms with E-state index in [0.29, 0.717) is 12.1 Å². The third kappa shape index (κ3) is 4.98. The number of rotatable bonds is 7. The van der Waals surface area contributed by atoms with Crippen molar-refractivity contribution in [1.82, 2.24) is 20.2 Å². The molecule has 0 saturated carbocycles. The molecule has 0 bridgehead atoms. The Labute approximate surface area is 157 Å². The van der Waals surface area contributed by atoms with Crippen molar-refractivity contribution >= 4 is 23.2 Å². The molecular formula is C17H14ClF2N5O2. The van der Waals surface area contributed by atoms with Crippen LogP contribution in [0.15, 0.2) is 54.9 Å². The van der Waals surface area contributed by atoms with Gasteiger partial charge >= 0.3 is 6.61 Å². The predicted octanol–water partition coefficient (Wildman–Crippen LogP) is 3.35. The number of carbonyl (C=O) groups excluding carboxylic acids is 1. The summed E-state index contributed by atoms with van der Waals surface area (Å²) in [5, 5.41) is 13.6. The summed E-state index contributed by atoms with van der Waals surface area (Å²) in [4.78, 5) is 12.8. The molecule has 1 amide bonds. The van der Waals surface area contributed by atoms with Crippen LogP contribution in [0.2, 0.25) is 5.02 Å². The highest BCUT2D eigenvalue weighted by Gasteiger charge is 2.23. The molecule has 1 N–H and O–H groups in total. The molecule has 7 nitrogen and oxygen atoms in total. The minimum Gasteiger partial charge on any atom is -0.433 e. The van der Waals surface area contributed by atoms with Crippen molar-refractivity contribution in [1.29, 1.82) is 0 Å². The van der Waals surface area contributed by atoms with Gasteiger partial charge in [0.2, 0.25) is 5.91 Å². The first-order valence-electron chi connectivity index (χ1n) is 7.84. The number of ether oxygens (including phenoxy) is 1. The molecule has 1 heterocycles. The highest BCUT2D eigenvalue weighted by molar-refractivity contribution is 6.32. The molecule has 1 unspecified atom stereocenters. The second-order valence-corrected chi connectivity index (χ2v) is 5.92. The van der Waals surface area contributed by atoms with Crippen LogP contribution in [0.3, 0.4) is 0 Å². The number of alkyl halides is 2. The summed E-state index contributed by atoms with van der Waals surface area (Å²) in [7, 11) is 0. The number of aromatic nitrogens is 4. The molecule has 0 radical (unpaired) electrons. The van der Waals surface area contributed by atoms with Crippen LogP contribution in [0, 0.1) is 0 Å². The van der Waals surface area contributed by atoms with Crippen LogP contribution in [-0.2, 0) is 11.2 Å². The summed E-state index contributed by atoms with van der Waals surface area (Å²) in [6.07, 6.45) is 1.71. The van der Waals surface area contributed by atoms with E-state index in [4.69, 9.17) is 11.6 Å². The van der Waals surface area contributed by atoms with Gasteiger partial charge in [-0.05, 0) is 34.2 Å². The van der Waals surface area contributed by atoms with E-state index in [1.165, 1.54) is 29.2 Å². The maximum Gasteiger partial charge on any atom is 0.387 e. The molecule has 0 spiro atoms. The van der Waals surface area contributed by atoms with Gasteiger partial charge in [-0.3, -0.25) is 4.79 Å². The monoisotopic (exact) mass is 393 g/mol. The molecule has 10 heteroatoms. The van der Waals surface area contributed by atoms with Crippen LogP contribution in [0.4, 0.5) is 14.5 Å². The Balaban J connectivity index is 1.77. The fourth-order valence-electron chi connectivity index (χ4n) is 2.45. The van der Waals surface area contributed by atoms with Gasteiger partial charge in [0.15, 0.2) is 0 Å². The average Bonchev–Trinajstić information content (AvgIpc) is 3.17. The van der Waals surface area contributed by atoms with Gasteiger partial charge in [-0.1, -0.05) is 41.9 Å². The van der Waals surface area contributed by atoms with Crippen molar-refractivity contribution in [3.63, 3.8) is 0 Å². The van der Waals surface area contributed by atoms with Gasteiger partial charge in [-0.2, -0.15) is 8.78 Å². The van der Waals surface area contributed by atoms with Crippen LogP contribution in [-0.4, -0.2) is 32.7 Å². The zero-order valence-corrected chi connectivity index (χ0v) is 14.6. The van der Waals surface area contributed by atoms with E-state index in [-0.39, 0.29) is 16.7 Å². The van der Waals surface area contributed by atoms with Gasteiger partial charge in [-0.25, -0.2) is 4.68 Å². The fourth-order valence-corrected chi connectivity index (χ4v) is 2.68. The molecule has 1 aromatic heterocycles. The normalized spacial score (nSPS) is 12.0. The van der Waals surface area contributed by atoms with Crippen molar-refractivity contribution < 1.29 is 18.3 Å². The van der Waals surface area contributed by atoms with Crippen LogP contribution < -0.4 is 10.1 Å². The van der Waals surface area contributed by atoms with E-state index in [2.05, 4.69) is 25.6 Å². The van der Waals surface area contributed by atoms with E-state index in [0.717, 1.165) is 5.56 Å². The second-order valence-electron chi connectivity index (χ2n) is 5.51. The lowest BCUT2D eigenvalue weighted by atomic mass is 10.1. The maximum absolute atomic E-state index is 12.8. The lowest BCUT2D eigenvalue weighted by Crippen LogP contribution is -2.28. The van der Waals surface area contributed by atoms with Crippen LogP contribution in [0.5, 0.6) is 5.75 Å². The zero-order valence-electron chi connectivity index (χ0n) is 13.8. The highest BCUT2D eigenvalue weighted by Crippen LogP contribution is 2.29. The van der Waals surface area contributed by atoms with E-state index in [1.807, 2.05) is 30.3 Å². The number of nitrogens with one attached hydrogen (secondary N) is 1. The summed E-state index contributed by atoms with van der Waals surface area (Å²) >= 11 is 5.92. The third-order valence-corrected chi connectivity index (χ3v) is 3.97. The standard InChI is InChI=1S/C17H14ClF2N5O2/c18-13-9-12(6-7-15(13)27-17(19)20)22-16(26)14(25-10-21-23-24-25)8-11-4-2-1-3-5-11/h1-7,9-10,14,17H,8H2,(H,22,26). The first-order valence-corrected chi connectivity index (χ1v) is 8.22. The molecule has 3 rings (SSSR count). The molecule has 2 aromatic carbocycles. The molecule has 0 aliphatic carbocycles. The molecule has 0 aliphatic heterocycles. The molecular weight excluding hydrogens is 380 g/mol. The van der Waals surface area contributed by atoms with E-state index in [9.17, 15) is 13.6 Å². The summed E-state index contributed by atoms with van der Waals surface area (Å²) < 4.78 is 30.2. The lowest BCUT2D eigenvalue weighted by molar-refractivity contribution is -0.119. The average molecular weight is 394 g/mol. The van der Waals surface area contributed by atoms with Crippen molar-refractivity contribution in [2.24, 2.45) is 0 Å². The van der Waals surface area contributed by atoms with Gasteiger partial charge in [0, 0.05) is 12.1 Å². The Kier molecular flexibility index (Phi) is 5.92. The number of halogens is 3. The predicted molar refractivity (Wildman–Crippen MR) is 93.7 cm³/mol. The summed E-state index contributed by atoms with van der Waals surface area (Å²) in [5.41, 5.74) is 1.25. The Bertz CT molecular complexity index is 894. The van der Waals surface area contributed by atoms with Crippen LogP contribution in [0.25, 0.3) is 0 Å². The topological polar surface area (TPSA) is 81.9 Å². The molecule has 0 aliphatic rings. The minimum absolute atomic E-state index is 0.0462. The summed E-state index contributed by atoms with van der Waals surface area (Å²) in [5.74, 6) is -0.560. The SMILES string of the molecule is O=C(Nc1ccc(OC(F)F)c(Cl)c1)C(Cc1ccccc1)n1cnnn1. The molecule has 0 fully saturated rings. The van der Waals surface area contributed by atoms with Crippen molar-refractivity contribution in [3.05, 3.63) is 65.4 Å². The van der Waals surface area contributed by atoms with Gasteiger partial charge < -0.3 is 10.1 Å². The number of hydrogen-bond donors (Lipinski definition) is 1. The number of nitrogens with zero attached hydrogens (tertiary/aromatic N) is 4. The smallest absolute Gasteiger partial charge is 0.387 e. The zero-order chi connectivity index (χ0) is 19.2.